The van der Waals surface area contributed by atoms with Gasteiger partial charge in [0.15, 0.2) is 5.75 Å². The fraction of sp³-hybridized carbons (Fsp3) is 0.100. The van der Waals surface area contributed by atoms with Crippen LogP contribution in [0.3, 0.4) is 0 Å². The van der Waals surface area contributed by atoms with Crippen LogP contribution in [0.15, 0.2) is 34.9 Å². The molecular formula is C10H5BrF3NO. The molecule has 0 saturated heterocycles. The molecule has 16 heavy (non-hydrogen) atoms. The lowest BCUT2D eigenvalue weighted by Gasteiger charge is -2.10. The second-order valence-electron chi connectivity index (χ2n) is 2.99. The van der Waals surface area contributed by atoms with E-state index < -0.39 is 6.36 Å². The smallest absolute Gasteiger partial charge is 0.403 e. The monoisotopic (exact) mass is 291 g/mol. The van der Waals surface area contributed by atoms with E-state index in [4.69, 9.17) is 0 Å². The summed E-state index contributed by atoms with van der Waals surface area (Å²) >= 11 is 3.23. The highest BCUT2D eigenvalue weighted by Crippen LogP contribution is 2.32. The van der Waals surface area contributed by atoms with Crippen molar-refractivity contribution in [2.75, 3.05) is 0 Å². The highest BCUT2D eigenvalue weighted by Gasteiger charge is 2.32. The van der Waals surface area contributed by atoms with Gasteiger partial charge in [-0.25, -0.2) is 0 Å². The lowest BCUT2D eigenvalue weighted by atomic mass is 10.2. The minimum Gasteiger partial charge on any atom is -0.403 e. The lowest BCUT2D eigenvalue weighted by molar-refractivity contribution is -0.274. The van der Waals surface area contributed by atoms with E-state index in [1.54, 1.807) is 12.1 Å². The Morgan fingerprint density at radius 2 is 1.94 bits per heavy atom. The van der Waals surface area contributed by atoms with E-state index in [1.807, 2.05) is 0 Å². The van der Waals surface area contributed by atoms with Gasteiger partial charge in [-0.05, 0) is 12.1 Å². The largest absolute Gasteiger partial charge is 0.573 e. The summed E-state index contributed by atoms with van der Waals surface area (Å²) in [5, 5.41) is 0.573. The molecule has 2 nitrogen and oxygen atoms in total. The number of nitrogens with zero attached hydrogens (tertiary/aromatic N) is 1. The first-order chi connectivity index (χ1) is 7.47. The molecule has 0 N–H and O–H groups in total. The van der Waals surface area contributed by atoms with E-state index in [0.717, 1.165) is 0 Å². The van der Waals surface area contributed by atoms with Crippen LogP contribution >= 0.6 is 15.9 Å². The van der Waals surface area contributed by atoms with E-state index in [9.17, 15) is 13.2 Å². The van der Waals surface area contributed by atoms with Gasteiger partial charge in [-0.2, -0.15) is 0 Å². The summed E-state index contributed by atoms with van der Waals surface area (Å²) in [7, 11) is 0. The van der Waals surface area contributed by atoms with E-state index >= 15 is 0 Å². The van der Waals surface area contributed by atoms with Gasteiger partial charge >= 0.3 is 6.36 Å². The molecule has 0 aliphatic rings. The number of hydrogen-bond donors (Lipinski definition) is 0. The summed E-state index contributed by atoms with van der Waals surface area (Å²) in [6, 6.07) is 6.03. The fourth-order valence-corrected chi connectivity index (χ4v) is 1.76. The topological polar surface area (TPSA) is 22.1 Å². The van der Waals surface area contributed by atoms with E-state index in [0.29, 0.717) is 9.86 Å². The quantitative estimate of drug-likeness (QED) is 0.795. The van der Waals surface area contributed by atoms with Crippen molar-refractivity contribution in [1.82, 2.24) is 4.98 Å². The van der Waals surface area contributed by atoms with Crippen molar-refractivity contribution in [3.05, 3.63) is 34.9 Å². The number of para-hydroxylation sites is 1. The van der Waals surface area contributed by atoms with Crippen molar-refractivity contribution in [3.63, 3.8) is 0 Å². The Labute approximate surface area is 97.2 Å². The number of fused-ring (bicyclic) bond motifs is 1. The van der Waals surface area contributed by atoms with Crippen LogP contribution in [-0.4, -0.2) is 11.3 Å². The molecule has 2 rings (SSSR count). The second-order valence-corrected chi connectivity index (χ2v) is 3.85. The average Bonchev–Trinajstić information content (AvgIpc) is 2.17. The number of rotatable bonds is 1. The Hall–Kier alpha value is -1.30. The standard InChI is InChI=1S/C10H5BrF3NO/c11-7-4-5-15-9-6(7)2-1-3-8(9)16-10(12,13)14/h1-5H. The molecule has 6 heteroatoms. The van der Waals surface area contributed by atoms with Crippen molar-refractivity contribution in [1.29, 1.82) is 0 Å². The highest BCUT2D eigenvalue weighted by atomic mass is 79.9. The second kappa shape index (κ2) is 3.93. The van der Waals surface area contributed by atoms with Crippen LogP contribution in [0.2, 0.25) is 0 Å². The summed E-state index contributed by atoms with van der Waals surface area (Å²) in [5.74, 6) is -0.300. The molecule has 0 unspecified atom stereocenters. The predicted octanol–water partition coefficient (Wildman–Crippen LogP) is 3.90. The number of hydrogen-bond acceptors (Lipinski definition) is 2. The van der Waals surface area contributed by atoms with Crippen LogP contribution in [0.25, 0.3) is 10.9 Å². The number of halogens is 4. The Morgan fingerprint density at radius 3 is 2.62 bits per heavy atom. The van der Waals surface area contributed by atoms with Gasteiger partial charge in [0, 0.05) is 16.1 Å². The molecule has 0 fully saturated rings. The van der Waals surface area contributed by atoms with Gasteiger partial charge in [-0.3, -0.25) is 4.98 Å². The molecule has 0 spiro atoms. The van der Waals surface area contributed by atoms with Crippen LogP contribution < -0.4 is 4.74 Å². The minimum absolute atomic E-state index is 0.175. The van der Waals surface area contributed by atoms with Crippen molar-refractivity contribution < 1.29 is 17.9 Å². The first-order valence-corrected chi connectivity index (χ1v) is 5.06. The molecule has 0 aliphatic carbocycles. The maximum absolute atomic E-state index is 12.1. The van der Waals surface area contributed by atoms with E-state index in [-0.39, 0.29) is 11.3 Å². The first-order valence-electron chi connectivity index (χ1n) is 4.26. The molecule has 0 saturated carbocycles. The molecule has 0 aliphatic heterocycles. The highest BCUT2D eigenvalue weighted by molar-refractivity contribution is 9.10. The number of aromatic nitrogens is 1. The van der Waals surface area contributed by atoms with Gasteiger partial charge < -0.3 is 4.74 Å². The zero-order valence-electron chi connectivity index (χ0n) is 7.75. The maximum Gasteiger partial charge on any atom is 0.573 e. The maximum atomic E-state index is 12.1. The third-order valence-electron chi connectivity index (χ3n) is 1.91. The van der Waals surface area contributed by atoms with Crippen molar-refractivity contribution >= 4 is 26.8 Å². The first kappa shape index (κ1) is 11.2. The van der Waals surface area contributed by atoms with E-state index in [2.05, 4.69) is 25.7 Å². The Kier molecular flexibility index (Phi) is 2.75. The van der Waals surface area contributed by atoms with Crippen LogP contribution in [0, 0.1) is 0 Å². The molecular weight excluding hydrogens is 287 g/mol. The van der Waals surface area contributed by atoms with Crippen LogP contribution in [0.4, 0.5) is 13.2 Å². The molecule has 84 valence electrons. The fourth-order valence-electron chi connectivity index (χ4n) is 1.32. The zero-order chi connectivity index (χ0) is 11.8. The third-order valence-corrected chi connectivity index (χ3v) is 2.60. The van der Waals surface area contributed by atoms with Crippen LogP contribution in [0.5, 0.6) is 5.75 Å². The number of benzene rings is 1. The molecule has 1 heterocycles. The summed E-state index contributed by atoms with van der Waals surface area (Å²) < 4.78 is 40.9. The molecule has 1 aromatic heterocycles. The van der Waals surface area contributed by atoms with Gasteiger partial charge in [0.25, 0.3) is 0 Å². The lowest BCUT2D eigenvalue weighted by Crippen LogP contribution is -2.17. The summed E-state index contributed by atoms with van der Waals surface area (Å²) in [5.41, 5.74) is 0.175. The normalized spacial score (nSPS) is 11.8. The van der Waals surface area contributed by atoms with Crippen molar-refractivity contribution in [2.45, 2.75) is 6.36 Å². The SMILES string of the molecule is FC(F)(F)Oc1cccc2c(Br)ccnc12. The molecule has 0 amide bonds. The molecule has 0 atom stereocenters. The van der Waals surface area contributed by atoms with Crippen LogP contribution in [0.1, 0.15) is 0 Å². The van der Waals surface area contributed by atoms with Crippen molar-refractivity contribution in [3.8, 4) is 5.75 Å². The van der Waals surface area contributed by atoms with Gasteiger partial charge in [-0.15, -0.1) is 13.2 Å². The minimum atomic E-state index is -4.71. The number of ether oxygens (including phenoxy) is 1. The van der Waals surface area contributed by atoms with E-state index in [1.165, 1.54) is 18.3 Å². The average molecular weight is 292 g/mol. The number of pyridine rings is 1. The molecule has 2 aromatic rings. The Bertz CT molecular complexity index is 527. The third kappa shape index (κ3) is 2.27. The Balaban J connectivity index is 2.58. The van der Waals surface area contributed by atoms with Crippen LogP contribution in [-0.2, 0) is 0 Å². The molecule has 1 aromatic carbocycles. The summed E-state index contributed by atoms with van der Waals surface area (Å²) in [6.45, 7) is 0. The number of alkyl halides is 3. The molecule has 0 radical (unpaired) electrons. The summed E-state index contributed by atoms with van der Waals surface area (Å²) in [6.07, 6.45) is -3.30. The summed E-state index contributed by atoms with van der Waals surface area (Å²) in [4.78, 5) is 3.87. The van der Waals surface area contributed by atoms with Crippen molar-refractivity contribution in [2.24, 2.45) is 0 Å². The molecule has 0 bridgehead atoms. The Morgan fingerprint density at radius 1 is 1.19 bits per heavy atom. The zero-order valence-corrected chi connectivity index (χ0v) is 9.34. The van der Waals surface area contributed by atoms with Gasteiger partial charge in [0.1, 0.15) is 5.52 Å². The van der Waals surface area contributed by atoms with Gasteiger partial charge in [0.05, 0.1) is 0 Å². The van der Waals surface area contributed by atoms with Gasteiger partial charge in [0.2, 0.25) is 0 Å². The van der Waals surface area contributed by atoms with Gasteiger partial charge in [-0.1, -0.05) is 28.1 Å². The predicted molar refractivity (Wildman–Crippen MR) is 56.1 cm³/mol.